The molecule has 1 heterocycles. The van der Waals surface area contributed by atoms with Crippen molar-refractivity contribution in [1.29, 1.82) is 0 Å². The van der Waals surface area contributed by atoms with Crippen molar-refractivity contribution < 1.29 is 0 Å². The predicted molar refractivity (Wildman–Crippen MR) is 50.5 cm³/mol. The first-order valence-electron chi connectivity index (χ1n) is 4.21. The highest BCUT2D eigenvalue weighted by Crippen LogP contribution is 2.19. The van der Waals surface area contributed by atoms with Gasteiger partial charge in [-0.15, -0.1) is 0 Å². The molecular weight excluding hydrogens is 150 g/mol. The molecule has 1 rings (SSSR count). The van der Waals surface area contributed by atoms with Crippen LogP contribution in [0.5, 0.6) is 0 Å². The fourth-order valence-corrected chi connectivity index (χ4v) is 1.21. The molecule has 3 heteroatoms. The van der Waals surface area contributed by atoms with Crippen molar-refractivity contribution >= 4 is 5.82 Å². The van der Waals surface area contributed by atoms with Gasteiger partial charge < -0.3 is 11.5 Å². The second-order valence-corrected chi connectivity index (χ2v) is 2.87. The summed E-state index contributed by atoms with van der Waals surface area (Å²) in [6, 6.07) is 3.83. The zero-order valence-corrected chi connectivity index (χ0v) is 7.33. The van der Waals surface area contributed by atoms with E-state index in [0.717, 1.165) is 18.4 Å². The lowest BCUT2D eigenvalue weighted by molar-refractivity contribution is 0.638. The lowest BCUT2D eigenvalue weighted by atomic mass is 10.0. The van der Waals surface area contributed by atoms with Crippen LogP contribution in [0.4, 0.5) is 5.82 Å². The molecule has 3 nitrogen and oxygen atoms in total. The molecule has 12 heavy (non-hydrogen) atoms. The normalized spacial score (nSPS) is 12.8. The second-order valence-electron chi connectivity index (χ2n) is 2.87. The molecule has 0 saturated carbocycles. The molecular formula is C9H15N3. The average Bonchev–Trinajstić information content (AvgIpc) is 2.05. The third kappa shape index (κ3) is 1.95. The van der Waals surface area contributed by atoms with E-state index >= 15 is 0 Å². The van der Waals surface area contributed by atoms with Crippen molar-refractivity contribution in [3.63, 3.8) is 0 Å². The minimum absolute atomic E-state index is 0.0312. The Hall–Kier alpha value is -1.09. The Balaban J connectivity index is 2.79. The van der Waals surface area contributed by atoms with Gasteiger partial charge in [0.15, 0.2) is 0 Å². The number of pyridine rings is 1. The van der Waals surface area contributed by atoms with E-state index in [2.05, 4.69) is 11.9 Å². The number of nitrogens with zero attached hydrogens (tertiary/aromatic N) is 1. The number of nitrogen functional groups attached to an aromatic ring is 1. The lowest BCUT2D eigenvalue weighted by Crippen LogP contribution is -2.12. The molecule has 0 amide bonds. The Labute approximate surface area is 72.8 Å². The topological polar surface area (TPSA) is 64.9 Å². The minimum atomic E-state index is 0.0312. The van der Waals surface area contributed by atoms with Crippen LogP contribution in [0.3, 0.4) is 0 Å². The second kappa shape index (κ2) is 4.07. The van der Waals surface area contributed by atoms with E-state index in [0.29, 0.717) is 5.82 Å². The van der Waals surface area contributed by atoms with Gasteiger partial charge in [0, 0.05) is 17.8 Å². The first kappa shape index (κ1) is 9.00. The molecule has 0 aliphatic carbocycles. The smallest absolute Gasteiger partial charge is 0.128 e. The molecule has 0 aliphatic rings. The summed E-state index contributed by atoms with van der Waals surface area (Å²) in [6.07, 6.45) is 3.70. The van der Waals surface area contributed by atoms with E-state index in [1.165, 1.54) is 0 Å². The van der Waals surface area contributed by atoms with Crippen molar-refractivity contribution in [3.8, 4) is 0 Å². The first-order chi connectivity index (χ1) is 5.75. The molecule has 0 saturated heterocycles. The van der Waals surface area contributed by atoms with Crippen LogP contribution in [-0.4, -0.2) is 4.98 Å². The van der Waals surface area contributed by atoms with Crippen LogP contribution < -0.4 is 11.5 Å². The van der Waals surface area contributed by atoms with Crippen molar-refractivity contribution in [2.45, 2.75) is 25.8 Å². The molecule has 4 N–H and O–H groups in total. The van der Waals surface area contributed by atoms with Crippen LogP contribution >= 0.6 is 0 Å². The zero-order valence-electron chi connectivity index (χ0n) is 7.33. The van der Waals surface area contributed by atoms with E-state index in [-0.39, 0.29) is 6.04 Å². The average molecular weight is 165 g/mol. The van der Waals surface area contributed by atoms with Gasteiger partial charge in [-0.05, 0) is 12.5 Å². The standard InChI is InChI=1S/C9H15N3/c1-2-4-8(10)7-5-3-6-12-9(7)11/h3,5-6,8H,2,4,10H2,1H3,(H2,11,12). The molecule has 1 aromatic heterocycles. The third-order valence-electron chi connectivity index (χ3n) is 1.87. The van der Waals surface area contributed by atoms with E-state index in [1.807, 2.05) is 12.1 Å². The third-order valence-corrected chi connectivity index (χ3v) is 1.87. The molecule has 0 bridgehead atoms. The highest BCUT2D eigenvalue weighted by atomic mass is 14.8. The van der Waals surface area contributed by atoms with E-state index in [4.69, 9.17) is 11.5 Å². The molecule has 0 aromatic carbocycles. The number of hydrogen-bond donors (Lipinski definition) is 2. The molecule has 0 aliphatic heterocycles. The van der Waals surface area contributed by atoms with Crippen molar-refractivity contribution in [2.75, 3.05) is 5.73 Å². The van der Waals surface area contributed by atoms with Gasteiger partial charge in [-0.25, -0.2) is 4.98 Å². The predicted octanol–water partition coefficient (Wildman–Crippen LogP) is 1.46. The Morgan fingerprint density at radius 2 is 2.33 bits per heavy atom. The number of hydrogen-bond acceptors (Lipinski definition) is 3. The van der Waals surface area contributed by atoms with Gasteiger partial charge in [0.25, 0.3) is 0 Å². The fraction of sp³-hybridized carbons (Fsp3) is 0.444. The van der Waals surface area contributed by atoms with Gasteiger partial charge >= 0.3 is 0 Å². The molecule has 0 radical (unpaired) electrons. The highest BCUT2D eigenvalue weighted by molar-refractivity contribution is 5.40. The summed E-state index contributed by atoms with van der Waals surface area (Å²) in [5, 5.41) is 0. The zero-order chi connectivity index (χ0) is 8.97. The van der Waals surface area contributed by atoms with Crippen LogP contribution in [0.2, 0.25) is 0 Å². The SMILES string of the molecule is CCCC(N)c1cccnc1N. The Bertz CT molecular complexity index is 247. The van der Waals surface area contributed by atoms with Gasteiger partial charge in [-0.3, -0.25) is 0 Å². The van der Waals surface area contributed by atoms with Gasteiger partial charge in [-0.2, -0.15) is 0 Å². The van der Waals surface area contributed by atoms with Gasteiger partial charge in [0.1, 0.15) is 5.82 Å². The summed E-state index contributed by atoms with van der Waals surface area (Å²) >= 11 is 0. The van der Waals surface area contributed by atoms with E-state index < -0.39 is 0 Å². The Morgan fingerprint density at radius 3 is 2.92 bits per heavy atom. The maximum Gasteiger partial charge on any atom is 0.128 e. The maximum atomic E-state index is 5.89. The molecule has 1 aromatic rings. The summed E-state index contributed by atoms with van der Waals surface area (Å²) in [5.41, 5.74) is 12.5. The molecule has 66 valence electrons. The van der Waals surface area contributed by atoms with Gasteiger partial charge in [0.2, 0.25) is 0 Å². The van der Waals surface area contributed by atoms with Crippen LogP contribution in [-0.2, 0) is 0 Å². The van der Waals surface area contributed by atoms with Crippen LogP contribution in [0, 0.1) is 0 Å². The molecule has 0 spiro atoms. The molecule has 1 atom stereocenters. The molecule has 1 unspecified atom stereocenters. The van der Waals surface area contributed by atoms with Crippen LogP contribution in [0.15, 0.2) is 18.3 Å². The maximum absolute atomic E-state index is 5.89. The van der Waals surface area contributed by atoms with Crippen molar-refractivity contribution in [3.05, 3.63) is 23.9 Å². The first-order valence-corrected chi connectivity index (χ1v) is 4.21. The summed E-state index contributed by atoms with van der Waals surface area (Å²) in [4.78, 5) is 3.98. The van der Waals surface area contributed by atoms with Crippen LogP contribution in [0.1, 0.15) is 31.4 Å². The summed E-state index contributed by atoms with van der Waals surface area (Å²) in [7, 11) is 0. The quantitative estimate of drug-likeness (QED) is 0.712. The van der Waals surface area contributed by atoms with Gasteiger partial charge in [0.05, 0.1) is 0 Å². The van der Waals surface area contributed by atoms with Crippen LogP contribution in [0.25, 0.3) is 0 Å². The highest BCUT2D eigenvalue weighted by Gasteiger charge is 2.07. The lowest BCUT2D eigenvalue weighted by Gasteiger charge is -2.11. The fourth-order valence-electron chi connectivity index (χ4n) is 1.21. The number of anilines is 1. The number of aromatic nitrogens is 1. The van der Waals surface area contributed by atoms with E-state index in [9.17, 15) is 0 Å². The number of rotatable bonds is 3. The minimum Gasteiger partial charge on any atom is -0.383 e. The van der Waals surface area contributed by atoms with Crippen molar-refractivity contribution in [2.24, 2.45) is 5.73 Å². The van der Waals surface area contributed by atoms with Crippen molar-refractivity contribution in [1.82, 2.24) is 4.98 Å². The largest absolute Gasteiger partial charge is 0.383 e. The Kier molecular flexibility index (Phi) is 3.05. The van der Waals surface area contributed by atoms with Gasteiger partial charge in [-0.1, -0.05) is 19.4 Å². The monoisotopic (exact) mass is 165 g/mol. The Morgan fingerprint density at radius 1 is 1.58 bits per heavy atom. The summed E-state index contributed by atoms with van der Waals surface area (Å²) in [6.45, 7) is 2.10. The summed E-state index contributed by atoms with van der Waals surface area (Å²) in [5.74, 6) is 0.554. The molecule has 0 fully saturated rings. The summed E-state index contributed by atoms with van der Waals surface area (Å²) < 4.78 is 0. The van der Waals surface area contributed by atoms with E-state index in [1.54, 1.807) is 6.20 Å². The number of nitrogens with two attached hydrogens (primary N) is 2.